The summed E-state index contributed by atoms with van der Waals surface area (Å²) >= 11 is 3.22. The van der Waals surface area contributed by atoms with E-state index >= 15 is 0 Å². The van der Waals surface area contributed by atoms with Gasteiger partial charge in [-0.1, -0.05) is 15.9 Å². The van der Waals surface area contributed by atoms with Crippen molar-refractivity contribution in [2.75, 3.05) is 19.8 Å². The number of ether oxygens (including phenoxy) is 2. The second-order valence-corrected chi connectivity index (χ2v) is 4.54. The van der Waals surface area contributed by atoms with E-state index < -0.39 is 12.8 Å². The lowest BCUT2D eigenvalue weighted by molar-refractivity contribution is -0.174. The predicted molar refractivity (Wildman–Crippen MR) is 65.8 cm³/mol. The van der Waals surface area contributed by atoms with E-state index in [4.69, 9.17) is 10.00 Å². The Balaban J connectivity index is 2.29. The minimum atomic E-state index is -4.31. The lowest BCUT2D eigenvalue weighted by atomic mass is 10.2. The highest BCUT2D eigenvalue weighted by Crippen LogP contribution is 2.22. The molecule has 0 aliphatic carbocycles. The Morgan fingerprint density at radius 1 is 1.26 bits per heavy atom. The van der Waals surface area contributed by atoms with Gasteiger partial charge in [0, 0.05) is 10.9 Å². The molecule has 1 aromatic rings. The van der Waals surface area contributed by atoms with E-state index in [-0.39, 0.29) is 13.2 Å². The second kappa shape index (κ2) is 7.36. The third-order valence-corrected chi connectivity index (χ3v) is 2.51. The van der Waals surface area contributed by atoms with Gasteiger partial charge in [0.15, 0.2) is 0 Å². The van der Waals surface area contributed by atoms with Gasteiger partial charge in [-0.2, -0.15) is 18.4 Å². The van der Waals surface area contributed by atoms with Crippen molar-refractivity contribution in [1.29, 1.82) is 5.26 Å². The molecule has 0 atom stereocenters. The molecule has 0 aliphatic heterocycles. The Labute approximate surface area is 117 Å². The molecule has 1 aromatic carbocycles. The summed E-state index contributed by atoms with van der Waals surface area (Å²) in [4.78, 5) is 0. The summed E-state index contributed by atoms with van der Waals surface area (Å²) < 4.78 is 45.8. The average molecular weight is 338 g/mol. The molecule has 0 heterocycles. The minimum absolute atomic E-state index is 0.0437. The van der Waals surface area contributed by atoms with Crippen LogP contribution >= 0.6 is 15.9 Å². The van der Waals surface area contributed by atoms with Crippen molar-refractivity contribution in [3.05, 3.63) is 28.2 Å². The van der Waals surface area contributed by atoms with Crippen LogP contribution < -0.4 is 4.74 Å². The molecule has 104 valence electrons. The summed E-state index contributed by atoms with van der Waals surface area (Å²) in [5.41, 5.74) is 0.366. The summed E-state index contributed by atoms with van der Waals surface area (Å²) in [6.45, 7) is -1.11. The monoisotopic (exact) mass is 337 g/mol. The number of nitriles is 1. The smallest absolute Gasteiger partial charge is 0.411 e. The van der Waals surface area contributed by atoms with Gasteiger partial charge in [-0.25, -0.2) is 0 Å². The van der Waals surface area contributed by atoms with Gasteiger partial charge >= 0.3 is 6.18 Å². The standard InChI is InChI=1S/C12H11BrF3NO2/c13-10-2-3-11(9(6-10)7-17)19-5-1-4-18-8-12(14,15)16/h2-3,6H,1,4-5,8H2. The number of hydrogen-bond acceptors (Lipinski definition) is 3. The topological polar surface area (TPSA) is 42.2 Å². The molecular formula is C12H11BrF3NO2. The number of nitrogens with zero attached hydrogens (tertiary/aromatic N) is 1. The van der Waals surface area contributed by atoms with Crippen LogP contribution in [0.3, 0.4) is 0 Å². The molecular weight excluding hydrogens is 327 g/mol. The highest BCUT2D eigenvalue weighted by molar-refractivity contribution is 9.10. The maximum atomic E-state index is 11.8. The Morgan fingerprint density at radius 3 is 2.63 bits per heavy atom. The number of hydrogen-bond donors (Lipinski definition) is 0. The fourth-order valence-corrected chi connectivity index (χ4v) is 1.61. The molecule has 0 aromatic heterocycles. The zero-order chi connectivity index (χ0) is 14.3. The van der Waals surface area contributed by atoms with Crippen molar-refractivity contribution in [1.82, 2.24) is 0 Å². The first-order valence-corrected chi connectivity index (χ1v) is 6.18. The Hall–Kier alpha value is -1.26. The summed E-state index contributed by atoms with van der Waals surface area (Å²) in [6.07, 6.45) is -3.99. The Morgan fingerprint density at radius 2 is 2.00 bits per heavy atom. The van der Waals surface area contributed by atoms with Crippen molar-refractivity contribution in [3.63, 3.8) is 0 Å². The number of benzene rings is 1. The maximum Gasteiger partial charge on any atom is 0.411 e. The van der Waals surface area contributed by atoms with Gasteiger partial charge in [-0.15, -0.1) is 0 Å². The van der Waals surface area contributed by atoms with E-state index in [2.05, 4.69) is 20.7 Å². The largest absolute Gasteiger partial charge is 0.492 e. The van der Waals surface area contributed by atoms with E-state index in [0.29, 0.717) is 17.7 Å². The SMILES string of the molecule is N#Cc1cc(Br)ccc1OCCCOCC(F)(F)F. The van der Waals surface area contributed by atoms with E-state index in [9.17, 15) is 13.2 Å². The van der Waals surface area contributed by atoms with Crippen molar-refractivity contribution < 1.29 is 22.6 Å². The van der Waals surface area contributed by atoms with Crippen LogP contribution in [0.15, 0.2) is 22.7 Å². The van der Waals surface area contributed by atoms with Gasteiger partial charge in [-0.05, 0) is 18.2 Å². The van der Waals surface area contributed by atoms with Gasteiger partial charge in [0.05, 0.1) is 18.8 Å². The summed E-state index contributed by atoms with van der Waals surface area (Å²) in [7, 11) is 0. The first kappa shape index (κ1) is 15.8. The minimum Gasteiger partial charge on any atom is -0.492 e. The van der Waals surface area contributed by atoms with Gasteiger partial charge in [0.25, 0.3) is 0 Å². The fraction of sp³-hybridized carbons (Fsp3) is 0.417. The second-order valence-electron chi connectivity index (χ2n) is 3.62. The van der Waals surface area contributed by atoms with Crippen LogP contribution in [0.25, 0.3) is 0 Å². The molecule has 0 radical (unpaired) electrons. The molecule has 19 heavy (non-hydrogen) atoms. The molecule has 3 nitrogen and oxygen atoms in total. The van der Waals surface area contributed by atoms with Crippen molar-refractivity contribution >= 4 is 15.9 Å². The highest BCUT2D eigenvalue weighted by Gasteiger charge is 2.27. The average Bonchev–Trinajstić information content (AvgIpc) is 2.33. The van der Waals surface area contributed by atoms with Gasteiger partial charge in [0.2, 0.25) is 0 Å². The van der Waals surface area contributed by atoms with E-state index in [1.165, 1.54) is 0 Å². The van der Waals surface area contributed by atoms with Crippen molar-refractivity contribution in [2.24, 2.45) is 0 Å². The molecule has 0 amide bonds. The third-order valence-electron chi connectivity index (χ3n) is 2.02. The van der Waals surface area contributed by atoms with E-state index in [1.54, 1.807) is 18.2 Å². The Bertz CT molecular complexity index is 457. The summed E-state index contributed by atoms with van der Waals surface area (Å²) in [6, 6.07) is 6.92. The predicted octanol–water partition coefficient (Wildman–Crippen LogP) is 3.67. The zero-order valence-corrected chi connectivity index (χ0v) is 11.4. The van der Waals surface area contributed by atoms with Crippen LogP contribution in [0.5, 0.6) is 5.75 Å². The molecule has 0 spiro atoms. The first-order chi connectivity index (χ1) is 8.92. The van der Waals surface area contributed by atoms with Crippen LogP contribution in [0, 0.1) is 11.3 Å². The quantitative estimate of drug-likeness (QED) is 0.744. The number of halogens is 4. The van der Waals surface area contributed by atoms with Crippen molar-refractivity contribution in [2.45, 2.75) is 12.6 Å². The number of rotatable bonds is 6. The Kier molecular flexibility index (Phi) is 6.12. The molecule has 0 saturated heterocycles. The van der Waals surface area contributed by atoms with Crippen LogP contribution in [-0.2, 0) is 4.74 Å². The maximum absolute atomic E-state index is 11.8. The van der Waals surface area contributed by atoms with Gasteiger partial charge in [-0.3, -0.25) is 0 Å². The lowest BCUT2D eigenvalue weighted by Crippen LogP contribution is -2.18. The first-order valence-electron chi connectivity index (χ1n) is 5.39. The lowest BCUT2D eigenvalue weighted by Gasteiger charge is -2.09. The molecule has 0 fully saturated rings. The van der Waals surface area contributed by atoms with Crippen LogP contribution in [-0.4, -0.2) is 26.0 Å². The van der Waals surface area contributed by atoms with Crippen molar-refractivity contribution in [3.8, 4) is 11.8 Å². The molecule has 0 bridgehead atoms. The normalized spacial score (nSPS) is 11.1. The molecule has 0 unspecified atom stereocenters. The molecule has 0 N–H and O–H groups in total. The summed E-state index contributed by atoms with van der Waals surface area (Å²) in [5, 5.41) is 8.87. The number of alkyl halides is 3. The molecule has 0 aliphatic rings. The van der Waals surface area contributed by atoms with Crippen LogP contribution in [0.1, 0.15) is 12.0 Å². The zero-order valence-electron chi connectivity index (χ0n) is 9.84. The van der Waals surface area contributed by atoms with E-state index in [0.717, 1.165) is 4.47 Å². The molecule has 0 saturated carbocycles. The van der Waals surface area contributed by atoms with Gasteiger partial charge in [0.1, 0.15) is 18.4 Å². The summed E-state index contributed by atoms with van der Waals surface area (Å²) in [5.74, 6) is 0.404. The fourth-order valence-electron chi connectivity index (χ4n) is 1.25. The van der Waals surface area contributed by atoms with Crippen LogP contribution in [0.2, 0.25) is 0 Å². The van der Waals surface area contributed by atoms with Gasteiger partial charge < -0.3 is 9.47 Å². The molecule has 7 heteroatoms. The molecule has 1 rings (SSSR count). The van der Waals surface area contributed by atoms with Crippen LogP contribution in [0.4, 0.5) is 13.2 Å². The highest BCUT2D eigenvalue weighted by atomic mass is 79.9. The van der Waals surface area contributed by atoms with E-state index in [1.807, 2.05) is 6.07 Å². The third kappa shape index (κ3) is 6.45.